The van der Waals surface area contributed by atoms with Crippen LogP contribution in [0.3, 0.4) is 0 Å². The number of halogens is 1. The summed E-state index contributed by atoms with van der Waals surface area (Å²) in [6.45, 7) is 6.90. The SMILES string of the molecule is CCCCN1CCC(NC(=O)C2CCN(C(=O)c3ccc(Br)cc3)CC2)CC1. The second-order valence-corrected chi connectivity index (χ2v) is 8.97. The van der Waals surface area contributed by atoms with Gasteiger partial charge in [-0.25, -0.2) is 0 Å². The molecule has 0 saturated carbocycles. The Morgan fingerprint density at radius 3 is 2.29 bits per heavy atom. The molecule has 2 amide bonds. The second kappa shape index (κ2) is 10.4. The molecular formula is C22H32BrN3O2. The molecule has 3 rings (SSSR count). The summed E-state index contributed by atoms with van der Waals surface area (Å²) in [6.07, 6.45) is 6.11. The van der Waals surface area contributed by atoms with Crippen LogP contribution in [0.4, 0.5) is 0 Å². The van der Waals surface area contributed by atoms with Gasteiger partial charge >= 0.3 is 0 Å². The Morgan fingerprint density at radius 1 is 1.04 bits per heavy atom. The zero-order valence-electron chi connectivity index (χ0n) is 16.8. The van der Waals surface area contributed by atoms with Crippen molar-refractivity contribution in [2.45, 2.75) is 51.5 Å². The highest BCUT2D eigenvalue weighted by atomic mass is 79.9. The normalized spacial score (nSPS) is 19.6. The first-order valence-electron chi connectivity index (χ1n) is 10.6. The number of carbonyl (C=O) groups is 2. The zero-order valence-corrected chi connectivity index (χ0v) is 18.4. The molecule has 6 heteroatoms. The fourth-order valence-corrected chi connectivity index (χ4v) is 4.39. The quantitative estimate of drug-likeness (QED) is 0.720. The Hall–Kier alpha value is -1.40. The van der Waals surface area contributed by atoms with Crippen LogP contribution in [0.1, 0.15) is 55.8 Å². The van der Waals surface area contributed by atoms with E-state index < -0.39 is 0 Å². The van der Waals surface area contributed by atoms with Gasteiger partial charge in [-0.3, -0.25) is 9.59 Å². The van der Waals surface area contributed by atoms with Crippen molar-refractivity contribution in [1.29, 1.82) is 0 Å². The Balaban J connectivity index is 1.40. The van der Waals surface area contributed by atoms with Gasteiger partial charge in [0.1, 0.15) is 0 Å². The standard InChI is InChI=1S/C22H32BrN3O2/c1-2-3-12-25-13-10-20(11-14-25)24-21(27)17-8-15-26(16-9-17)22(28)18-4-6-19(23)7-5-18/h4-7,17,20H,2-3,8-16H2,1H3,(H,24,27). The van der Waals surface area contributed by atoms with Gasteiger partial charge in [0.15, 0.2) is 0 Å². The summed E-state index contributed by atoms with van der Waals surface area (Å²) in [5.41, 5.74) is 0.709. The number of nitrogens with one attached hydrogen (secondary N) is 1. The maximum Gasteiger partial charge on any atom is 0.253 e. The van der Waals surface area contributed by atoms with Crippen LogP contribution in [-0.2, 0) is 4.79 Å². The van der Waals surface area contributed by atoms with E-state index in [1.165, 1.54) is 19.4 Å². The van der Waals surface area contributed by atoms with Crippen molar-refractivity contribution in [1.82, 2.24) is 15.1 Å². The van der Waals surface area contributed by atoms with E-state index in [2.05, 4.69) is 33.1 Å². The molecule has 2 heterocycles. The number of benzene rings is 1. The number of likely N-dealkylation sites (tertiary alicyclic amines) is 2. The summed E-state index contributed by atoms with van der Waals surface area (Å²) >= 11 is 3.40. The summed E-state index contributed by atoms with van der Waals surface area (Å²) < 4.78 is 0.968. The van der Waals surface area contributed by atoms with Crippen LogP contribution < -0.4 is 5.32 Å². The fraction of sp³-hybridized carbons (Fsp3) is 0.636. The molecule has 1 aromatic carbocycles. The number of nitrogens with zero attached hydrogens (tertiary/aromatic N) is 2. The topological polar surface area (TPSA) is 52.7 Å². The Kier molecular flexibility index (Phi) is 7.91. The van der Waals surface area contributed by atoms with Crippen LogP contribution in [0.5, 0.6) is 0 Å². The van der Waals surface area contributed by atoms with Gasteiger partial charge < -0.3 is 15.1 Å². The number of hydrogen-bond acceptors (Lipinski definition) is 3. The molecule has 2 aliphatic heterocycles. The third-order valence-electron chi connectivity index (χ3n) is 6.01. The largest absolute Gasteiger partial charge is 0.353 e. The molecule has 0 bridgehead atoms. The molecule has 2 aliphatic rings. The van der Waals surface area contributed by atoms with Crippen LogP contribution in [0.25, 0.3) is 0 Å². The highest BCUT2D eigenvalue weighted by molar-refractivity contribution is 9.10. The lowest BCUT2D eigenvalue weighted by Crippen LogP contribution is -2.48. The highest BCUT2D eigenvalue weighted by Crippen LogP contribution is 2.21. The van der Waals surface area contributed by atoms with Gasteiger partial charge in [-0.15, -0.1) is 0 Å². The average molecular weight is 450 g/mol. The number of piperidine rings is 2. The predicted molar refractivity (Wildman–Crippen MR) is 115 cm³/mol. The minimum Gasteiger partial charge on any atom is -0.353 e. The van der Waals surface area contributed by atoms with Crippen molar-refractivity contribution in [3.8, 4) is 0 Å². The summed E-state index contributed by atoms with van der Waals surface area (Å²) in [7, 11) is 0. The first-order valence-corrected chi connectivity index (χ1v) is 11.4. The molecule has 2 saturated heterocycles. The molecule has 154 valence electrons. The number of amides is 2. The third kappa shape index (κ3) is 5.80. The van der Waals surface area contributed by atoms with Crippen LogP contribution in [0.2, 0.25) is 0 Å². The van der Waals surface area contributed by atoms with Crippen molar-refractivity contribution in [2.24, 2.45) is 5.92 Å². The Labute approximate surface area is 177 Å². The van der Waals surface area contributed by atoms with E-state index in [4.69, 9.17) is 0 Å². The predicted octanol–water partition coefficient (Wildman–Crippen LogP) is 3.68. The molecule has 0 unspecified atom stereocenters. The van der Waals surface area contributed by atoms with Crippen LogP contribution >= 0.6 is 15.9 Å². The molecule has 5 nitrogen and oxygen atoms in total. The van der Waals surface area contributed by atoms with Crippen LogP contribution in [0, 0.1) is 5.92 Å². The minimum atomic E-state index is 0.0343. The maximum absolute atomic E-state index is 12.7. The van der Waals surface area contributed by atoms with Gasteiger partial charge in [0.2, 0.25) is 5.91 Å². The first-order chi connectivity index (χ1) is 13.6. The molecule has 0 spiro atoms. The number of unbranched alkanes of at least 4 members (excludes halogenated alkanes) is 1. The lowest BCUT2D eigenvalue weighted by Gasteiger charge is -2.35. The maximum atomic E-state index is 12.7. The van der Waals surface area contributed by atoms with Crippen molar-refractivity contribution in [3.05, 3.63) is 34.3 Å². The average Bonchev–Trinajstić information content (AvgIpc) is 2.73. The van der Waals surface area contributed by atoms with Gasteiger partial charge in [-0.1, -0.05) is 29.3 Å². The highest BCUT2D eigenvalue weighted by Gasteiger charge is 2.29. The molecule has 0 aromatic heterocycles. The Bertz CT molecular complexity index is 648. The van der Waals surface area contributed by atoms with Gasteiger partial charge in [0.05, 0.1) is 0 Å². The summed E-state index contributed by atoms with van der Waals surface area (Å²) in [6, 6.07) is 7.78. The van der Waals surface area contributed by atoms with Crippen molar-refractivity contribution < 1.29 is 9.59 Å². The van der Waals surface area contributed by atoms with E-state index in [1.54, 1.807) is 0 Å². The van der Waals surface area contributed by atoms with E-state index in [1.807, 2.05) is 29.2 Å². The molecule has 1 N–H and O–H groups in total. The molecule has 0 radical (unpaired) electrons. The number of carbonyl (C=O) groups excluding carboxylic acids is 2. The minimum absolute atomic E-state index is 0.0343. The van der Waals surface area contributed by atoms with E-state index in [0.717, 1.165) is 43.2 Å². The van der Waals surface area contributed by atoms with E-state index in [-0.39, 0.29) is 17.7 Å². The van der Waals surface area contributed by atoms with Gasteiger partial charge in [-0.2, -0.15) is 0 Å². The van der Waals surface area contributed by atoms with Gasteiger partial charge in [0, 0.05) is 48.2 Å². The van der Waals surface area contributed by atoms with Gasteiger partial charge in [-0.05, 0) is 62.9 Å². The van der Waals surface area contributed by atoms with Crippen LogP contribution in [0.15, 0.2) is 28.7 Å². The Morgan fingerprint density at radius 2 is 1.68 bits per heavy atom. The number of rotatable bonds is 6. The summed E-state index contributed by atoms with van der Waals surface area (Å²) in [4.78, 5) is 29.7. The second-order valence-electron chi connectivity index (χ2n) is 8.05. The van der Waals surface area contributed by atoms with E-state index >= 15 is 0 Å². The smallest absolute Gasteiger partial charge is 0.253 e. The summed E-state index contributed by atoms with van der Waals surface area (Å²) in [5, 5.41) is 3.27. The van der Waals surface area contributed by atoms with Crippen molar-refractivity contribution >= 4 is 27.7 Å². The third-order valence-corrected chi connectivity index (χ3v) is 6.53. The van der Waals surface area contributed by atoms with Crippen molar-refractivity contribution in [2.75, 3.05) is 32.7 Å². The lowest BCUT2D eigenvalue weighted by molar-refractivity contribution is -0.127. The monoisotopic (exact) mass is 449 g/mol. The summed E-state index contributed by atoms with van der Waals surface area (Å²) in [5.74, 6) is 0.278. The first kappa shape index (κ1) is 21.3. The van der Waals surface area contributed by atoms with Gasteiger partial charge in [0.25, 0.3) is 5.91 Å². The molecule has 0 aliphatic carbocycles. The molecule has 1 aromatic rings. The van der Waals surface area contributed by atoms with Crippen molar-refractivity contribution in [3.63, 3.8) is 0 Å². The van der Waals surface area contributed by atoms with Crippen LogP contribution in [-0.4, -0.2) is 60.4 Å². The molecular weight excluding hydrogens is 418 g/mol. The van der Waals surface area contributed by atoms with E-state index in [9.17, 15) is 9.59 Å². The van der Waals surface area contributed by atoms with E-state index in [0.29, 0.717) is 24.7 Å². The number of hydrogen-bond donors (Lipinski definition) is 1. The molecule has 28 heavy (non-hydrogen) atoms. The molecule has 2 fully saturated rings. The lowest BCUT2D eigenvalue weighted by atomic mass is 9.94. The fourth-order valence-electron chi connectivity index (χ4n) is 4.12. The zero-order chi connectivity index (χ0) is 19.9. The molecule has 0 atom stereocenters.